The number of quaternary nitrogens is 1. The predicted octanol–water partition coefficient (Wildman–Crippen LogP) is 10.7. The van der Waals surface area contributed by atoms with E-state index in [0.29, 0.717) is 12.8 Å². The molecular weight excluding hydrogens is 727 g/mol. The van der Waals surface area contributed by atoms with Crippen molar-refractivity contribution in [2.24, 2.45) is 0 Å². The molecule has 0 aliphatic heterocycles. The second-order valence-electron chi connectivity index (χ2n) is 15.2. The number of unbranched alkanes of at least 4 members (excludes halogenated alkanes) is 5. The van der Waals surface area contributed by atoms with Crippen LogP contribution < -0.4 is 5.11 Å². The van der Waals surface area contributed by atoms with Crippen molar-refractivity contribution in [3.8, 4) is 0 Å². The van der Waals surface area contributed by atoms with Crippen LogP contribution in [0.3, 0.4) is 0 Å². The lowest BCUT2D eigenvalue weighted by Gasteiger charge is -2.34. The second kappa shape index (κ2) is 39.8. The van der Waals surface area contributed by atoms with Crippen molar-refractivity contribution < 1.29 is 38.2 Å². The monoisotopic (exact) mass is 806 g/mol. The standard InChI is InChI=1S/C50H79NO7/c1-6-8-10-12-14-16-18-19-20-21-22-23-24-25-26-27-28-29-31-32-34-36-38-40-48(52)57-45-46(44-56-43-42-47(50(54)55)51(3,4)5)58-49(53)41-39-37-35-33-30-17-15-13-11-9-7-2/h8-11,14-17,19-20,22-23,25-26,28-29,33,35,46-47H,6-7,12-13,18,21,24,27,30-32,34,36-45H2,1-5H3/b10-8+,11-9+,16-14+,17-15+,20-19+,23-22+,26-25+,29-28+,35-33+. The summed E-state index contributed by atoms with van der Waals surface area (Å²) in [5.74, 6) is -1.86. The zero-order chi connectivity index (χ0) is 42.8. The van der Waals surface area contributed by atoms with Crippen LogP contribution in [-0.4, -0.2) is 75.5 Å². The highest BCUT2D eigenvalue weighted by Crippen LogP contribution is 2.11. The van der Waals surface area contributed by atoms with Crippen LogP contribution >= 0.6 is 0 Å². The fourth-order valence-electron chi connectivity index (χ4n) is 5.57. The fraction of sp³-hybridized carbons (Fsp3) is 0.580. The maximum atomic E-state index is 12.6. The third kappa shape index (κ3) is 37.6. The number of likely N-dealkylation sites (N-methyl/N-ethyl adjacent to an activating group) is 1. The Bertz CT molecular complexity index is 1310. The van der Waals surface area contributed by atoms with Crippen LogP contribution in [0.2, 0.25) is 0 Å². The first-order valence-electron chi connectivity index (χ1n) is 21.9. The summed E-state index contributed by atoms with van der Waals surface area (Å²) in [7, 11) is 5.36. The number of esters is 2. The molecule has 0 aliphatic carbocycles. The number of allylic oxidation sites excluding steroid dienone is 18. The number of ether oxygens (including phenoxy) is 3. The van der Waals surface area contributed by atoms with E-state index in [1.54, 1.807) is 21.1 Å². The van der Waals surface area contributed by atoms with Crippen LogP contribution in [0.1, 0.15) is 136 Å². The quantitative estimate of drug-likeness (QED) is 0.0267. The molecule has 0 saturated heterocycles. The van der Waals surface area contributed by atoms with E-state index in [4.69, 9.17) is 14.2 Å². The minimum Gasteiger partial charge on any atom is -0.544 e. The van der Waals surface area contributed by atoms with Crippen LogP contribution in [0.5, 0.6) is 0 Å². The lowest BCUT2D eigenvalue weighted by atomic mass is 10.1. The van der Waals surface area contributed by atoms with Crippen LogP contribution in [0, 0.1) is 0 Å². The molecule has 0 aliphatic rings. The molecule has 0 fully saturated rings. The Balaban J connectivity index is 4.40. The van der Waals surface area contributed by atoms with Gasteiger partial charge in [-0.05, 0) is 89.9 Å². The molecule has 0 heterocycles. The molecule has 8 heteroatoms. The third-order valence-electron chi connectivity index (χ3n) is 8.90. The van der Waals surface area contributed by atoms with E-state index in [1.807, 2.05) is 0 Å². The third-order valence-corrected chi connectivity index (χ3v) is 8.90. The Morgan fingerprint density at radius 2 is 0.931 bits per heavy atom. The first-order chi connectivity index (χ1) is 28.1. The van der Waals surface area contributed by atoms with Crippen LogP contribution in [-0.2, 0) is 28.6 Å². The Kier molecular flexibility index (Phi) is 37.0. The molecule has 2 atom stereocenters. The summed E-state index contributed by atoms with van der Waals surface area (Å²) < 4.78 is 17.0. The van der Waals surface area contributed by atoms with Gasteiger partial charge in [0.05, 0.1) is 40.3 Å². The molecule has 326 valence electrons. The molecular formula is C50H79NO7. The van der Waals surface area contributed by atoms with Crippen LogP contribution in [0.15, 0.2) is 109 Å². The number of carbonyl (C=O) groups is 3. The van der Waals surface area contributed by atoms with Gasteiger partial charge in [-0.15, -0.1) is 0 Å². The van der Waals surface area contributed by atoms with Crippen LogP contribution in [0.4, 0.5) is 0 Å². The van der Waals surface area contributed by atoms with Crippen molar-refractivity contribution >= 4 is 17.9 Å². The maximum Gasteiger partial charge on any atom is 0.306 e. The Morgan fingerprint density at radius 1 is 0.517 bits per heavy atom. The van der Waals surface area contributed by atoms with E-state index >= 15 is 0 Å². The zero-order valence-electron chi connectivity index (χ0n) is 36.9. The highest BCUT2D eigenvalue weighted by molar-refractivity contribution is 5.70. The van der Waals surface area contributed by atoms with Crippen molar-refractivity contribution in [2.75, 3.05) is 41.0 Å². The normalized spacial score (nSPS) is 14.0. The number of carbonyl (C=O) groups excluding carboxylic acids is 3. The van der Waals surface area contributed by atoms with Gasteiger partial charge in [-0.3, -0.25) is 9.59 Å². The summed E-state index contributed by atoms with van der Waals surface area (Å²) in [5, 5.41) is 11.6. The molecule has 8 nitrogen and oxygen atoms in total. The van der Waals surface area contributed by atoms with Gasteiger partial charge in [-0.25, -0.2) is 0 Å². The van der Waals surface area contributed by atoms with Crippen molar-refractivity contribution in [1.82, 2.24) is 0 Å². The summed E-state index contributed by atoms with van der Waals surface area (Å²) in [6, 6.07) is -0.745. The van der Waals surface area contributed by atoms with Gasteiger partial charge in [0.1, 0.15) is 12.6 Å². The lowest BCUT2D eigenvalue weighted by Crippen LogP contribution is -2.55. The average Bonchev–Trinajstić information content (AvgIpc) is 3.18. The number of aliphatic carboxylic acids is 1. The molecule has 0 rings (SSSR count). The number of hydrogen-bond acceptors (Lipinski definition) is 7. The van der Waals surface area contributed by atoms with Gasteiger partial charge in [0.15, 0.2) is 6.10 Å². The van der Waals surface area contributed by atoms with Gasteiger partial charge in [0, 0.05) is 19.3 Å². The van der Waals surface area contributed by atoms with E-state index in [-0.39, 0.29) is 49.1 Å². The largest absolute Gasteiger partial charge is 0.544 e. The van der Waals surface area contributed by atoms with Gasteiger partial charge in [-0.1, -0.05) is 136 Å². The van der Waals surface area contributed by atoms with E-state index in [0.717, 1.165) is 96.3 Å². The Labute approximate surface area is 353 Å². The Hall–Kier alpha value is -4.01. The predicted molar refractivity (Wildman–Crippen MR) is 240 cm³/mol. The maximum absolute atomic E-state index is 12.6. The summed E-state index contributed by atoms with van der Waals surface area (Å²) in [5.41, 5.74) is 0. The van der Waals surface area contributed by atoms with Gasteiger partial charge in [0.2, 0.25) is 0 Å². The zero-order valence-corrected chi connectivity index (χ0v) is 36.9. The van der Waals surface area contributed by atoms with E-state index in [2.05, 4.69) is 123 Å². The molecule has 0 aromatic rings. The van der Waals surface area contributed by atoms with Gasteiger partial charge >= 0.3 is 11.9 Å². The number of rotatable bonds is 37. The average molecular weight is 806 g/mol. The fourth-order valence-corrected chi connectivity index (χ4v) is 5.57. The molecule has 0 aromatic heterocycles. The molecule has 2 unspecified atom stereocenters. The van der Waals surface area contributed by atoms with E-state index in [9.17, 15) is 19.5 Å². The lowest BCUT2D eigenvalue weighted by molar-refractivity contribution is -0.889. The Morgan fingerprint density at radius 3 is 1.38 bits per heavy atom. The van der Waals surface area contributed by atoms with Gasteiger partial charge in [0.25, 0.3) is 0 Å². The SMILES string of the molecule is CC/C=C/C/C=C/C/C=C/C/C=C/C/C=C/C/C=C/CCCCCCC(=O)OCC(COCCC(C(=O)[O-])[N+](C)(C)C)OC(=O)CCC/C=C/C/C=C/C/C=C/CC. The summed E-state index contributed by atoms with van der Waals surface area (Å²) in [6.07, 6.45) is 54.2. The van der Waals surface area contributed by atoms with Crippen molar-refractivity contribution in [3.05, 3.63) is 109 Å². The molecule has 58 heavy (non-hydrogen) atoms. The highest BCUT2D eigenvalue weighted by Gasteiger charge is 2.25. The van der Waals surface area contributed by atoms with E-state index in [1.165, 1.54) is 0 Å². The van der Waals surface area contributed by atoms with Crippen molar-refractivity contribution in [2.45, 2.75) is 148 Å². The van der Waals surface area contributed by atoms with E-state index < -0.39 is 18.1 Å². The summed E-state index contributed by atoms with van der Waals surface area (Å²) >= 11 is 0. The molecule has 0 spiro atoms. The molecule has 0 radical (unpaired) electrons. The number of nitrogens with zero attached hydrogens (tertiary/aromatic N) is 1. The summed E-state index contributed by atoms with van der Waals surface area (Å²) in [6.45, 7) is 4.31. The minimum absolute atomic E-state index is 0.00418. The number of carboxylic acid groups (broad SMARTS) is 1. The minimum atomic E-state index is -1.14. The first-order valence-corrected chi connectivity index (χ1v) is 21.9. The molecule has 0 amide bonds. The topological polar surface area (TPSA) is 102 Å². The smallest absolute Gasteiger partial charge is 0.306 e. The molecule has 0 saturated carbocycles. The second-order valence-corrected chi connectivity index (χ2v) is 15.2. The summed E-state index contributed by atoms with van der Waals surface area (Å²) in [4.78, 5) is 36.8. The van der Waals surface area contributed by atoms with Crippen LogP contribution in [0.25, 0.3) is 0 Å². The molecule has 0 bridgehead atoms. The van der Waals surface area contributed by atoms with Crippen molar-refractivity contribution in [3.63, 3.8) is 0 Å². The first kappa shape index (κ1) is 54.0. The van der Waals surface area contributed by atoms with Gasteiger partial charge in [-0.2, -0.15) is 0 Å². The van der Waals surface area contributed by atoms with Crippen molar-refractivity contribution in [1.29, 1.82) is 0 Å². The molecule has 0 aromatic carbocycles. The van der Waals surface area contributed by atoms with Gasteiger partial charge < -0.3 is 28.6 Å². The number of hydrogen-bond donors (Lipinski definition) is 0. The molecule has 0 N–H and O–H groups in total. The number of carboxylic acids is 1. The highest BCUT2D eigenvalue weighted by atomic mass is 16.6.